The molecule has 4 heteroatoms. The number of hydrogen-bond acceptors (Lipinski definition) is 3. The van der Waals surface area contributed by atoms with Crippen molar-refractivity contribution in [3.05, 3.63) is 16.3 Å². The van der Waals surface area contributed by atoms with Crippen LogP contribution in [0.25, 0.3) is 0 Å². The van der Waals surface area contributed by atoms with Crippen LogP contribution in [0.15, 0.2) is 11.4 Å². The van der Waals surface area contributed by atoms with E-state index in [4.69, 9.17) is 0 Å². The van der Waals surface area contributed by atoms with Crippen LogP contribution in [0.4, 0.5) is 5.69 Å². The normalized spacial score (nSPS) is 18.2. The summed E-state index contributed by atoms with van der Waals surface area (Å²) in [6.07, 6.45) is 6.81. The molecule has 0 spiro atoms. The third-order valence-electron chi connectivity index (χ3n) is 3.95. The highest BCUT2D eigenvalue weighted by Gasteiger charge is 2.26. The van der Waals surface area contributed by atoms with Gasteiger partial charge in [-0.15, -0.1) is 11.3 Å². The SMILES string of the molecule is CC(=O)Nc1ccsc1CNCC1(C)CCCCC1. The topological polar surface area (TPSA) is 41.1 Å². The van der Waals surface area contributed by atoms with Crippen molar-refractivity contribution < 1.29 is 4.79 Å². The molecule has 19 heavy (non-hydrogen) atoms. The fourth-order valence-corrected chi connectivity index (χ4v) is 3.64. The summed E-state index contributed by atoms with van der Waals surface area (Å²) in [5, 5.41) is 8.49. The number of nitrogens with one attached hydrogen (secondary N) is 2. The van der Waals surface area contributed by atoms with Crippen LogP contribution in [-0.4, -0.2) is 12.5 Å². The van der Waals surface area contributed by atoms with E-state index < -0.39 is 0 Å². The van der Waals surface area contributed by atoms with Gasteiger partial charge in [0.15, 0.2) is 0 Å². The second kappa shape index (κ2) is 6.53. The zero-order chi connectivity index (χ0) is 13.7. The zero-order valence-electron chi connectivity index (χ0n) is 11.9. The molecule has 0 radical (unpaired) electrons. The summed E-state index contributed by atoms with van der Waals surface area (Å²) in [5.74, 6) is -0.00103. The third kappa shape index (κ3) is 4.32. The van der Waals surface area contributed by atoms with E-state index in [2.05, 4.69) is 17.6 Å². The van der Waals surface area contributed by atoms with Gasteiger partial charge in [-0.3, -0.25) is 4.79 Å². The second-order valence-electron chi connectivity index (χ2n) is 5.91. The zero-order valence-corrected chi connectivity index (χ0v) is 12.7. The van der Waals surface area contributed by atoms with Crippen molar-refractivity contribution >= 4 is 22.9 Å². The molecular weight excluding hydrogens is 256 g/mol. The van der Waals surface area contributed by atoms with E-state index in [-0.39, 0.29) is 5.91 Å². The maximum Gasteiger partial charge on any atom is 0.221 e. The van der Waals surface area contributed by atoms with Crippen LogP contribution >= 0.6 is 11.3 Å². The molecule has 2 N–H and O–H groups in total. The van der Waals surface area contributed by atoms with E-state index in [1.54, 1.807) is 18.3 Å². The first kappa shape index (κ1) is 14.5. The second-order valence-corrected chi connectivity index (χ2v) is 6.91. The summed E-state index contributed by atoms with van der Waals surface area (Å²) in [6.45, 7) is 5.87. The minimum Gasteiger partial charge on any atom is -0.325 e. The van der Waals surface area contributed by atoms with Crippen LogP contribution in [0, 0.1) is 5.41 Å². The fraction of sp³-hybridized carbons (Fsp3) is 0.667. The molecular formula is C15H24N2OS. The monoisotopic (exact) mass is 280 g/mol. The maximum absolute atomic E-state index is 11.1. The highest BCUT2D eigenvalue weighted by molar-refractivity contribution is 7.10. The minimum absolute atomic E-state index is 0.00103. The third-order valence-corrected chi connectivity index (χ3v) is 4.88. The van der Waals surface area contributed by atoms with Crippen molar-refractivity contribution in [2.45, 2.75) is 52.5 Å². The summed E-state index contributed by atoms with van der Waals surface area (Å²) in [4.78, 5) is 12.3. The van der Waals surface area contributed by atoms with Crippen LogP contribution in [0.1, 0.15) is 50.8 Å². The van der Waals surface area contributed by atoms with E-state index >= 15 is 0 Å². The smallest absolute Gasteiger partial charge is 0.221 e. The van der Waals surface area contributed by atoms with Gasteiger partial charge in [0.25, 0.3) is 0 Å². The lowest BCUT2D eigenvalue weighted by Crippen LogP contribution is -2.33. The van der Waals surface area contributed by atoms with Gasteiger partial charge >= 0.3 is 0 Å². The Hall–Kier alpha value is -0.870. The van der Waals surface area contributed by atoms with Gasteiger partial charge in [-0.25, -0.2) is 0 Å². The highest BCUT2D eigenvalue weighted by atomic mass is 32.1. The lowest BCUT2D eigenvalue weighted by atomic mass is 9.76. The molecule has 2 rings (SSSR count). The minimum atomic E-state index is -0.00103. The average molecular weight is 280 g/mol. The molecule has 1 aliphatic carbocycles. The Balaban J connectivity index is 1.82. The number of anilines is 1. The van der Waals surface area contributed by atoms with E-state index in [9.17, 15) is 4.79 Å². The largest absolute Gasteiger partial charge is 0.325 e. The number of thiophene rings is 1. The molecule has 0 aromatic carbocycles. The summed E-state index contributed by atoms with van der Waals surface area (Å²) in [7, 11) is 0. The molecule has 3 nitrogen and oxygen atoms in total. The number of hydrogen-bond donors (Lipinski definition) is 2. The molecule has 1 amide bonds. The van der Waals surface area contributed by atoms with Crippen LogP contribution in [0.3, 0.4) is 0 Å². The summed E-state index contributed by atoms with van der Waals surface area (Å²) < 4.78 is 0. The van der Waals surface area contributed by atoms with Crippen molar-refractivity contribution in [2.24, 2.45) is 5.41 Å². The van der Waals surface area contributed by atoms with Gasteiger partial charge in [0.05, 0.1) is 5.69 Å². The van der Waals surface area contributed by atoms with Gasteiger partial charge in [-0.2, -0.15) is 0 Å². The first-order valence-electron chi connectivity index (χ1n) is 7.14. The van der Waals surface area contributed by atoms with Gasteiger partial charge in [0.1, 0.15) is 0 Å². The first-order chi connectivity index (χ1) is 9.09. The molecule has 1 fully saturated rings. The van der Waals surface area contributed by atoms with Crippen molar-refractivity contribution in [2.75, 3.05) is 11.9 Å². The van der Waals surface area contributed by atoms with Crippen LogP contribution in [0.2, 0.25) is 0 Å². The Kier molecular flexibility index (Phi) is 4.99. The lowest BCUT2D eigenvalue weighted by Gasteiger charge is -2.33. The summed E-state index contributed by atoms with van der Waals surface area (Å²) in [6, 6.07) is 1.98. The van der Waals surface area contributed by atoms with Crippen molar-refractivity contribution in [1.82, 2.24) is 5.32 Å². The number of carbonyl (C=O) groups is 1. The quantitative estimate of drug-likeness (QED) is 0.862. The fourth-order valence-electron chi connectivity index (χ4n) is 2.84. The molecule has 1 saturated carbocycles. The molecule has 0 bridgehead atoms. The number of rotatable bonds is 5. The van der Waals surface area contributed by atoms with Crippen molar-refractivity contribution in [3.63, 3.8) is 0 Å². The predicted molar refractivity (Wildman–Crippen MR) is 81.5 cm³/mol. The molecule has 1 aliphatic rings. The highest BCUT2D eigenvalue weighted by Crippen LogP contribution is 2.35. The summed E-state index contributed by atoms with van der Waals surface area (Å²) >= 11 is 1.70. The molecule has 0 saturated heterocycles. The Morgan fingerprint density at radius 1 is 1.37 bits per heavy atom. The Labute approximate surface area is 119 Å². The van der Waals surface area contributed by atoms with E-state index in [0.29, 0.717) is 5.41 Å². The van der Waals surface area contributed by atoms with Gasteiger partial charge in [0, 0.05) is 24.9 Å². The Morgan fingerprint density at radius 3 is 2.79 bits per heavy atom. The van der Waals surface area contributed by atoms with Crippen LogP contribution in [-0.2, 0) is 11.3 Å². The van der Waals surface area contributed by atoms with Gasteiger partial charge < -0.3 is 10.6 Å². The average Bonchev–Trinajstić information content (AvgIpc) is 2.76. The first-order valence-corrected chi connectivity index (χ1v) is 8.02. The van der Waals surface area contributed by atoms with Crippen LogP contribution < -0.4 is 10.6 Å². The van der Waals surface area contributed by atoms with Crippen molar-refractivity contribution in [1.29, 1.82) is 0 Å². The van der Waals surface area contributed by atoms with Crippen molar-refractivity contribution in [3.8, 4) is 0 Å². The molecule has 1 heterocycles. The molecule has 0 atom stereocenters. The van der Waals surface area contributed by atoms with Gasteiger partial charge in [0.2, 0.25) is 5.91 Å². The maximum atomic E-state index is 11.1. The molecule has 0 unspecified atom stereocenters. The Bertz CT molecular complexity index is 422. The van der Waals surface area contributed by atoms with Crippen LogP contribution in [0.5, 0.6) is 0 Å². The predicted octanol–water partition coefficient (Wildman–Crippen LogP) is 3.77. The van der Waals surface area contributed by atoms with Gasteiger partial charge in [-0.05, 0) is 29.7 Å². The molecule has 1 aromatic rings. The molecule has 0 aliphatic heterocycles. The number of amides is 1. The van der Waals surface area contributed by atoms with E-state index in [1.165, 1.54) is 37.0 Å². The molecule has 1 aromatic heterocycles. The van der Waals surface area contributed by atoms with E-state index in [0.717, 1.165) is 18.8 Å². The standard InChI is InChI=1S/C15H24N2OS/c1-12(18)17-13-6-9-19-14(13)10-16-11-15(2)7-4-3-5-8-15/h6,9,16H,3-5,7-8,10-11H2,1-2H3,(H,17,18). The van der Waals surface area contributed by atoms with Gasteiger partial charge in [-0.1, -0.05) is 26.2 Å². The van der Waals surface area contributed by atoms with E-state index in [1.807, 2.05) is 11.4 Å². The number of carbonyl (C=O) groups excluding carboxylic acids is 1. The summed E-state index contributed by atoms with van der Waals surface area (Å²) in [5.41, 5.74) is 1.42. The Morgan fingerprint density at radius 2 is 2.11 bits per heavy atom. The lowest BCUT2D eigenvalue weighted by molar-refractivity contribution is -0.114. The molecule has 106 valence electrons.